The Bertz CT molecular complexity index is 919. The van der Waals surface area contributed by atoms with E-state index in [-0.39, 0.29) is 5.92 Å². The zero-order valence-electron chi connectivity index (χ0n) is 13.4. The smallest absolute Gasteiger partial charge is 0.259 e. The Hall–Kier alpha value is -2.83. The standard InChI is InChI=1S/C18H16F2N4O/c19-13-6-3-7-14(20)16(13)18(25)23-9-4-5-12(11-23)17-22-21-15-8-1-2-10-24(15)17/h1-3,6-8,10,12H,4-5,9,11H2/t12-/m1/s1. The Morgan fingerprint density at radius 3 is 2.68 bits per heavy atom. The monoisotopic (exact) mass is 342 g/mol. The number of fused-ring (bicyclic) bond motifs is 1. The molecular weight excluding hydrogens is 326 g/mol. The van der Waals surface area contributed by atoms with Crippen LogP contribution < -0.4 is 0 Å². The molecule has 0 N–H and O–H groups in total. The third-order valence-electron chi connectivity index (χ3n) is 4.59. The number of rotatable bonds is 2. The Balaban J connectivity index is 1.62. The van der Waals surface area contributed by atoms with Gasteiger partial charge in [-0.25, -0.2) is 8.78 Å². The van der Waals surface area contributed by atoms with E-state index in [0.717, 1.165) is 36.4 Å². The number of hydrogen-bond acceptors (Lipinski definition) is 3. The highest BCUT2D eigenvalue weighted by Crippen LogP contribution is 2.27. The molecule has 0 bridgehead atoms. The lowest BCUT2D eigenvalue weighted by atomic mass is 9.96. The van der Waals surface area contributed by atoms with Gasteiger partial charge in [-0.2, -0.15) is 0 Å². The molecule has 0 spiro atoms. The maximum Gasteiger partial charge on any atom is 0.259 e. The van der Waals surface area contributed by atoms with Gasteiger partial charge in [-0.15, -0.1) is 10.2 Å². The molecule has 1 saturated heterocycles. The maximum atomic E-state index is 13.9. The van der Waals surface area contributed by atoms with Crippen molar-refractivity contribution >= 4 is 11.6 Å². The number of likely N-dealkylation sites (tertiary alicyclic amines) is 1. The van der Waals surface area contributed by atoms with Crippen molar-refractivity contribution in [3.05, 3.63) is 65.6 Å². The number of carbonyl (C=O) groups excluding carboxylic acids is 1. The summed E-state index contributed by atoms with van der Waals surface area (Å²) >= 11 is 0. The number of hydrogen-bond donors (Lipinski definition) is 0. The van der Waals surface area contributed by atoms with Gasteiger partial charge in [-0.1, -0.05) is 12.1 Å². The van der Waals surface area contributed by atoms with Crippen molar-refractivity contribution in [2.24, 2.45) is 0 Å². The van der Waals surface area contributed by atoms with Crippen LogP contribution in [0, 0.1) is 11.6 Å². The molecule has 0 unspecified atom stereocenters. The molecule has 128 valence electrons. The number of pyridine rings is 1. The quantitative estimate of drug-likeness (QED) is 0.719. The van der Waals surface area contributed by atoms with Crippen LogP contribution in [0.3, 0.4) is 0 Å². The fraction of sp³-hybridized carbons (Fsp3) is 0.278. The summed E-state index contributed by atoms with van der Waals surface area (Å²) in [5, 5.41) is 8.39. The minimum absolute atomic E-state index is 0.0232. The lowest BCUT2D eigenvalue weighted by Gasteiger charge is -2.32. The second-order valence-corrected chi connectivity index (χ2v) is 6.17. The molecule has 1 aliphatic heterocycles. The largest absolute Gasteiger partial charge is 0.338 e. The molecule has 0 radical (unpaired) electrons. The van der Waals surface area contributed by atoms with Crippen molar-refractivity contribution in [1.82, 2.24) is 19.5 Å². The highest BCUT2D eigenvalue weighted by Gasteiger charge is 2.30. The van der Waals surface area contributed by atoms with Crippen molar-refractivity contribution in [3.63, 3.8) is 0 Å². The molecule has 0 saturated carbocycles. The van der Waals surface area contributed by atoms with Crippen LogP contribution in [-0.2, 0) is 0 Å². The molecule has 1 aromatic carbocycles. The summed E-state index contributed by atoms with van der Waals surface area (Å²) in [7, 11) is 0. The third kappa shape index (κ3) is 2.75. The number of amides is 1. The zero-order valence-corrected chi connectivity index (χ0v) is 13.4. The van der Waals surface area contributed by atoms with Crippen molar-refractivity contribution in [3.8, 4) is 0 Å². The average molecular weight is 342 g/mol. The van der Waals surface area contributed by atoms with Gasteiger partial charge in [-0.3, -0.25) is 9.20 Å². The number of halogens is 2. The summed E-state index contributed by atoms with van der Waals surface area (Å²) in [6, 6.07) is 9.08. The molecule has 1 aliphatic rings. The van der Waals surface area contributed by atoms with E-state index in [1.54, 1.807) is 0 Å². The summed E-state index contributed by atoms with van der Waals surface area (Å²) < 4.78 is 29.7. The molecule has 1 fully saturated rings. The Labute approximate surface area is 142 Å². The Kier molecular flexibility index (Phi) is 3.91. The fourth-order valence-corrected chi connectivity index (χ4v) is 3.37. The summed E-state index contributed by atoms with van der Waals surface area (Å²) in [6.07, 6.45) is 3.47. The van der Waals surface area contributed by atoms with Crippen LogP contribution >= 0.6 is 0 Å². The van der Waals surface area contributed by atoms with Crippen molar-refractivity contribution in [2.45, 2.75) is 18.8 Å². The van der Waals surface area contributed by atoms with E-state index in [1.807, 2.05) is 28.8 Å². The topological polar surface area (TPSA) is 50.5 Å². The van der Waals surface area contributed by atoms with E-state index in [4.69, 9.17) is 0 Å². The van der Waals surface area contributed by atoms with Crippen LogP contribution in [0.4, 0.5) is 8.78 Å². The Morgan fingerprint density at radius 1 is 1.08 bits per heavy atom. The third-order valence-corrected chi connectivity index (χ3v) is 4.59. The number of nitrogens with zero attached hydrogens (tertiary/aromatic N) is 4. The minimum atomic E-state index is -0.833. The predicted molar refractivity (Wildman–Crippen MR) is 87.2 cm³/mol. The summed E-state index contributed by atoms with van der Waals surface area (Å²) in [5.41, 5.74) is 0.246. The SMILES string of the molecule is O=C(c1c(F)cccc1F)N1CCC[C@@H](c2nnc3ccccn23)C1. The van der Waals surface area contributed by atoms with Crippen LogP contribution in [0.15, 0.2) is 42.6 Å². The van der Waals surface area contributed by atoms with E-state index in [1.165, 1.54) is 11.0 Å². The molecular formula is C18H16F2N4O. The molecule has 5 nitrogen and oxygen atoms in total. The van der Waals surface area contributed by atoms with Gasteiger partial charge in [-0.05, 0) is 37.1 Å². The first-order chi connectivity index (χ1) is 12.1. The van der Waals surface area contributed by atoms with Crippen molar-refractivity contribution in [2.75, 3.05) is 13.1 Å². The van der Waals surface area contributed by atoms with E-state index < -0.39 is 23.1 Å². The molecule has 1 atom stereocenters. The first kappa shape index (κ1) is 15.7. The molecule has 3 aromatic rings. The minimum Gasteiger partial charge on any atom is -0.338 e. The number of carbonyl (C=O) groups is 1. The van der Waals surface area contributed by atoms with E-state index in [2.05, 4.69) is 10.2 Å². The van der Waals surface area contributed by atoms with Gasteiger partial charge in [0.1, 0.15) is 23.0 Å². The first-order valence-corrected chi connectivity index (χ1v) is 8.18. The summed E-state index contributed by atoms with van der Waals surface area (Å²) in [6.45, 7) is 0.835. The molecule has 25 heavy (non-hydrogen) atoms. The van der Waals surface area contributed by atoms with Gasteiger partial charge >= 0.3 is 0 Å². The van der Waals surface area contributed by atoms with Crippen LogP contribution in [0.25, 0.3) is 5.65 Å². The van der Waals surface area contributed by atoms with Crippen LogP contribution in [0.5, 0.6) is 0 Å². The molecule has 7 heteroatoms. The first-order valence-electron chi connectivity index (χ1n) is 8.18. The lowest BCUT2D eigenvalue weighted by Crippen LogP contribution is -2.40. The van der Waals surface area contributed by atoms with Gasteiger partial charge in [0.05, 0.1) is 0 Å². The molecule has 4 rings (SSSR count). The molecule has 2 aromatic heterocycles. The maximum absolute atomic E-state index is 13.9. The van der Waals surface area contributed by atoms with Crippen molar-refractivity contribution < 1.29 is 13.6 Å². The van der Waals surface area contributed by atoms with Crippen molar-refractivity contribution in [1.29, 1.82) is 0 Å². The number of aromatic nitrogens is 3. The van der Waals surface area contributed by atoms with Crippen LogP contribution in [0.2, 0.25) is 0 Å². The zero-order chi connectivity index (χ0) is 17.4. The summed E-state index contributed by atoms with van der Waals surface area (Å²) in [4.78, 5) is 14.1. The number of piperidine rings is 1. The van der Waals surface area contributed by atoms with Gasteiger partial charge in [0, 0.05) is 25.2 Å². The van der Waals surface area contributed by atoms with E-state index in [9.17, 15) is 13.6 Å². The van der Waals surface area contributed by atoms with Gasteiger partial charge in [0.15, 0.2) is 5.65 Å². The molecule has 1 amide bonds. The Morgan fingerprint density at radius 2 is 1.88 bits per heavy atom. The predicted octanol–water partition coefficient (Wildman–Crippen LogP) is 3.03. The molecule has 3 heterocycles. The van der Waals surface area contributed by atoms with Gasteiger partial charge in [0.25, 0.3) is 5.91 Å². The lowest BCUT2D eigenvalue weighted by molar-refractivity contribution is 0.0694. The van der Waals surface area contributed by atoms with Crippen LogP contribution in [0.1, 0.15) is 34.9 Å². The second-order valence-electron chi connectivity index (χ2n) is 6.17. The number of benzene rings is 1. The second kappa shape index (κ2) is 6.23. The molecule has 0 aliphatic carbocycles. The highest BCUT2D eigenvalue weighted by atomic mass is 19.1. The van der Waals surface area contributed by atoms with Gasteiger partial charge < -0.3 is 4.90 Å². The average Bonchev–Trinajstić information content (AvgIpc) is 3.06. The fourth-order valence-electron chi connectivity index (χ4n) is 3.37. The van der Waals surface area contributed by atoms with Gasteiger partial charge in [0.2, 0.25) is 0 Å². The normalized spacial score (nSPS) is 17.8. The summed E-state index contributed by atoms with van der Waals surface area (Å²) in [5.74, 6) is -1.54. The highest BCUT2D eigenvalue weighted by molar-refractivity contribution is 5.94. The van der Waals surface area contributed by atoms with E-state index in [0.29, 0.717) is 13.1 Å². The van der Waals surface area contributed by atoms with E-state index >= 15 is 0 Å². The van der Waals surface area contributed by atoms with Crippen LogP contribution in [-0.4, -0.2) is 38.5 Å².